The zero-order valence-corrected chi connectivity index (χ0v) is 11.8. The lowest BCUT2D eigenvalue weighted by Crippen LogP contribution is -2.48. The minimum absolute atomic E-state index is 0.463. The predicted molar refractivity (Wildman–Crippen MR) is 77.5 cm³/mol. The fourth-order valence-corrected chi connectivity index (χ4v) is 3.22. The molecule has 2 aliphatic rings. The van der Waals surface area contributed by atoms with E-state index in [0.717, 1.165) is 31.3 Å². The third-order valence-corrected chi connectivity index (χ3v) is 4.57. The number of hydrogen-bond donors (Lipinski definition) is 1. The lowest BCUT2D eigenvalue weighted by molar-refractivity contribution is 0.109. The maximum atomic E-state index is 5.54. The second-order valence-corrected chi connectivity index (χ2v) is 5.75. The largest absolute Gasteiger partial charge is 0.496 e. The molecule has 0 amide bonds. The molecule has 1 saturated carbocycles. The molecule has 1 N–H and O–H groups in total. The predicted octanol–water partition coefficient (Wildman–Crippen LogP) is 2.44. The van der Waals surface area contributed by atoms with E-state index in [-0.39, 0.29) is 0 Å². The molecular weight excluding hydrogens is 236 g/mol. The van der Waals surface area contributed by atoms with Gasteiger partial charge >= 0.3 is 0 Å². The van der Waals surface area contributed by atoms with Gasteiger partial charge in [-0.3, -0.25) is 4.90 Å². The fraction of sp³-hybridized carbons (Fsp3) is 0.625. The summed E-state index contributed by atoms with van der Waals surface area (Å²) in [6.45, 7) is 4.55. The Bertz CT molecular complexity index is 417. The van der Waals surface area contributed by atoms with Gasteiger partial charge in [-0.2, -0.15) is 0 Å². The normalized spacial score (nSPS) is 25.0. The number of benzene rings is 1. The molecule has 3 rings (SSSR count). The summed E-state index contributed by atoms with van der Waals surface area (Å²) in [6, 6.07) is 8.92. The van der Waals surface area contributed by atoms with Crippen molar-refractivity contribution < 1.29 is 4.74 Å². The van der Waals surface area contributed by atoms with Crippen LogP contribution in [0.5, 0.6) is 5.75 Å². The van der Waals surface area contributed by atoms with Gasteiger partial charge in [-0.15, -0.1) is 0 Å². The monoisotopic (exact) mass is 260 g/mol. The first-order chi connectivity index (χ1) is 9.38. The first-order valence-electron chi connectivity index (χ1n) is 7.46. The molecule has 1 aromatic rings. The van der Waals surface area contributed by atoms with E-state index >= 15 is 0 Å². The highest BCUT2D eigenvalue weighted by Crippen LogP contribution is 2.34. The molecule has 1 heterocycles. The van der Waals surface area contributed by atoms with E-state index in [0.29, 0.717) is 6.04 Å². The SMILES string of the molecule is COc1ccccc1C1CNCCN1CC1CCC1. The Morgan fingerprint density at radius 2 is 2.16 bits per heavy atom. The first-order valence-corrected chi connectivity index (χ1v) is 7.46. The Morgan fingerprint density at radius 3 is 2.89 bits per heavy atom. The summed E-state index contributed by atoms with van der Waals surface area (Å²) in [7, 11) is 1.77. The standard InChI is InChI=1S/C16H24N2O/c1-19-16-8-3-2-7-14(16)15-11-17-9-10-18(15)12-13-5-4-6-13/h2-3,7-8,13,15,17H,4-6,9-12H2,1H3. The quantitative estimate of drug-likeness (QED) is 0.900. The molecule has 1 aromatic carbocycles. The van der Waals surface area contributed by atoms with Gasteiger partial charge in [0.15, 0.2) is 0 Å². The third-order valence-electron chi connectivity index (χ3n) is 4.57. The second kappa shape index (κ2) is 5.93. The molecule has 2 fully saturated rings. The van der Waals surface area contributed by atoms with E-state index in [9.17, 15) is 0 Å². The van der Waals surface area contributed by atoms with Crippen molar-refractivity contribution in [1.82, 2.24) is 10.2 Å². The molecule has 1 aliphatic heterocycles. The van der Waals surface area contributed by atoms with Crippen molar-refractivity contribution in [2.75, 3.05) is 33.3 Å². The van der Waals surface area contributed by atoms with Crippen molar-refractivity contribution in [1.29, 1.82) is 0 Å². The Morgan fingerprint density at radius 1 is 1.32 bits per heavy atom. The van der Waals surface area contributed by atoms with Gasteiger partial charge in [-0.05, 0) is 24.8 Å². The minimum atomic E-state index is 0.463. The van der Waals surface area contributed by atoms with E-state index in [4.69, 9.17) is 4.74 Å². The Kier molecular flexibility index (Phi) is 4.04. The third kappa shape index (κ3) is 2.77. The number of rotatable bonds is 4. The van der Waals surface area contributed by atoms with Crippen molar-refractivity contribution in [3.63, 3.8) is 0 Å². The summed E-state index contributed by atoms with van der Waals surface area (Å²) in [5.41, 5.74) is 1.33. The molecule has 0 aromatic heterocycles. The maximum absolute atomic E-state index is 5.54. The second-order valence-electron chi connectivity index (χ2n) is 5.75. The molecule has 1 atom stereocenters. The molecule has 3 heteroatoms. The maximum Gasteiger partial charge on any atom is 0.123 e. The number of piperazine rings is 1. The van der Waals surface area contributed by atoms with Crippen LogP contribution in [-0.2, 0) is 0 Å². The molecule has 0 spiro atoms. The number of para-hydroxylation sites is 1. The Labute approximate surface area is 115 Å². The van der Waals surface area contributed by atoms with Gasteiger partial charge in [-0.25, -0.2) is 0 Å². The van der Waals surface area contributed by atoms with Gasteiger partial charge in [-0.1, -0.05) is 24.6 Å². The highest BCUT2D eigenvalue weighted by molar-refractivity contribution is 5.36. The summed E-state index contributed by atoms with van der Waals surface area (Å²) in [5.74, 6) is 1.95. The summed E-state index contributed by atoms with van der Waals surface area (Å²) >= 11 is 0. The van der Waals surface area contributed by atoms with Crippen LogP contribution in [0.3, 0.4) is 0 Å². The summed E-state index contributed by atoms with van der Waals surface area (Å²) in [6.07, 6.45) is 4.27. The highest BCUT2D eigenvalue weighted by Gasteiger charge is 2.29. The van der Waals surface area contributed by atoms with Crippen molar-refractivity contribution in [2.45, 2.75) is 25.3 Å². The van der Waals surface area contributed by atoms with E-state index in [1.54, 1.807) is 7.11 Å². The summed E-state index contributed by atoms with van der Waals surface area (Å²) in [5, 5.41) is 3.53. The molecule has 1 aliphatic carbocycles. The van der Waals surface area contributed by atoms with Crippen LogP contribution in [0.2, 0.25) is 0 Å². The van der Waals surface area contributed by atoms with Crippen molar-refractivity contribution in [2.24, 2.45) is 5.92 Å². The van der Waals surface area contributed by atoms with Gasteiger partial charge in [0, 0.05) is 31.7 Å². The number of ether oxygens (including phenoxy) is 1. The van der Waals surface area contributed by atoms with Crippen LogP contribution in [-0.4, -0.2) is 38.2 Å². The molecular formula is C16H24N2O. The van der Waals surface area contributed by atoms with E-state index in [2.05, 4.69) is 34.5 Å². The van der Waals surface area contributed by atoms with E-state index < -0.39 is 0 Å². The van der Waals surface area contributed by atoms with Crippen LogP contribution in [0.25, 0.3) is 0 Å². The van der Waals surface area contributed by atoms with Crippen LogP contribution < -0.4 is 10.1 Å². The minimum Gasteiger partial charge on any atom is -0.496 e. The average Bonchev–Trinajstić information content (AvgIpc) is 2.43. The molecule has 104 valence electrons. The number of hydrogen-bond acceptors (Lipinski definition) is 3. The van der Waals surface area contributed by atoms with Gasteiger partial charge in [0.2, 0.25) is 0 Å². The van der Waals surface area contributed by atoms with Crippen molar-refractivity contribution in [3.8, 4) is 5.75 Å². The van der Waals surface area contributed by atoms with E-state index in [1.165, 1.54) is 31.4 Å². The number of methoxy groups -OCH3 is 1. The Balaban J connectivity index is 1.78. The molecule has 1 saturated heterocycles. The smallest absolute Gasteiger partial charge is 0.123 e. The number of nitrogens with zero attached hydrogens (tertiary/aromatic N) is 1. The van der Waals surface area contributed by atoms with Crippen LogP contribution in [0.1, 0.15) is 30.9 Å². The topological polar surface area (TPSA) is 24.5 Å². The van der Waals surface area contributed by atoms with Gasteiger partial charge in [0.25, 0.3) is 0 Å². The first kappa shape index (κ1) is 12.9. The molecule has 0 radical (unpaired) electrons. The summed E-state index contributed by atoms with van der Waals surface area (Å²) < 4.78 is 5.54. The van der Waals surface area contributed by atoms with Gasteiger partial charge in [0.1, 0.15) is 5.75 Å². The van der Waals surface area contributed by atoms with Crippen molar-refractivity contribution in [3.05, 3.63) is 29.8 Å². The van der Waals surface area contributed by atoms with Gasteiger partial charge in [0.05, 0.1) is 13.2 Å². The lowest BCUT2D eigenvalue weighted by atomic mass is 9.84. The van der Waals surface area contributed by atoms with Crippen LogP contribution >= 0.6 is 0 Å². The highest BCUT2D eigenvalue weighted by atomic mass is 16.5. The number of nitrogens with one attached hydrogen (secondary N) is 1. The Hall–Kier alpha value is -1.06. The van der Waals surface area contributed by atoms with Crippen LogP contribution in [0.15, 0.2) is 24.3 Å². The van der Waals surface area contributed by atoms with Gasteiger partial charge < -0.3 is 10.1 Å². The molecule has 0 bridgehead atoms. The van der Waals surface area contributed by atoms with Crippen LogP contribution in [0, 0.1) is 5.92 Å². The van der Waals surface area contributed by atoms with E-state index in [1.807, 2.05) is 0 Å². The zero-order chi connectivity index (χ0) is 13.1. The molecule has 3 nitrogen and oxygen atoms in total. The molecule has 1 unspecified atom stereocenters. The van der Waals surface area contributed by atoms with Crippen LogP contribution in [0.4, 0.5) is 0 Å². The summed E-state index contributed by atoms with van der Waals surface area (Å²) in [4.78, 5) is 2.65. The fourth-order valence-electron chi connectivity index (χ4n) is 3.22. The molecule has 19 heavy (non-hydrogen) atoms. The zero-order valence-electron chi connectivity index (χ0n) is 11.8. The lowest BCUT2D eigenvalue weighted by Gasteiger charge is -2.41. The average molecular weight is 260 g/mol. The van der Waals surface area contributed by atoms with Crippen molar-refractivity contribution >= 4 is 0 Å².